The maximum Gasteiger partial charge on any atom is 0.131 e. The van der Waals surface area contributed by atoms with Crippen molar-refractivity contribution in [2.24, 2.45) is 0 Å². The summed E-state index contributed by atoms with van der Waals surface area (Å²) in [4.78, 5) is 0. The van der Waals surface area contributed by atoms with Crippen LogP contribution in [0.2, 0.25) is 5.02 Å². The van der Waals surface area contributed by atoms with Crippen molar-refractivity contribution in [2.75, 3.05) is 5.73 Å². The monoisotopic (exact) mass is 271 g/mol. The van der Waals surface area contributed by atoms with Crippen LogP contribution in [0.25, 0.3) is 21.9 Å². The van der Waals surface area contributed by atoms with Crippen LogP contribution in [0.5, 0.6) is 0 Å². The van der Waals surface area contributed by atoms with Crippen molar-refractivity contribution in [1.29, 1.82) is 0 Å². The van der Waals surface area contributed by atoms with E-state index in [1.807, 2.05) is 24.3 Å². The molecule has 3 aromatic rings. The van der Waals surface area contributed by atoms with Gasteiger partial charge in [0.2, 0.25) is 0 Å². The molecule has 3 heteroatoms. The van der Waals surface area contributed by atoms with E-state index < -0.39 is 0 Å². The molecule has 0 fully saturated rings. The predicted octanol–water partition coefficient (Wildman–Crippen LogP) is 4.88. The van der Waals surface area contributed by atoms with Gasteiger partial charge in [-0.1, -0.05) is 48.0 Å². The van der Waals surface area contributed by atoms with E-state index in [-0.39, 0.29) is 5.82 Å². The second kappa shape index (κ2) is 4.56. The Balaban J connectivity index is 2.34. The van der Waals surface area contributed by atoms with Gasteiger partial charge in [-0.15, -0.1) is 0 Å². The van der Waals surface area contributed by atoms with Gasteiger partial charge in [-0.2, -0.15) is 0 Å². The van der Waals surface area contributed by atoms with E-state index in [4.69, 9.17) is 17.3 Å². The first-order chi connectivity index (χ1) is 9.16. The van der Waals surface area contributed by atoms with Crippen LogP contribution in [0.15, 0.2) is 54.6 Å². The molecule has 0 aliphatic heterocycles. The van der Waals surface area contributed by atoms with Crippen LogP contribution in [-0.4, -0.2) is 0 Å². The average Bonchev–Trinajstić information content (AvgIpc) is 2.41. The fourth-order valence-electron chi connectivity index (χ4n) is 2.28. The highest BCUT2D eigenvalue weighted by Gasteiger charge is 2.09. The number of rotatable bonds is 1. The van der Waals surface area contributed by atoms with E-state index in [1.165, 1.54) is 6.07 Å². The van der Waals surface area contributed by atoms with E-state index in [2.05, 4.69) is 0 Å². The third-order valence-electron chi connectivity index (χ3n) is 3.17. The minimum absolute atomic E-state index is 0.230. The zero-order valence-corrected chi connectivity index (χ0v) is 10.8. The standard InChI is InChI=1S/C16H11ClFN/c17-10-5-6-14(16(19)9-10)12-7-8-15(18)13-4-2-1-3-11(12)13/h1-9H,19H2. The Morgan fingerprint density at radius 1 is 0.842 bits per heavy atom. The van der Waals surface area contributed by atoms with Crippen LogP contribution < -0.4 is 5.73 Å². The Morgan fingerprint density at radius 2 is 1.53 bits per heavy atom. The third kappa shape index (κ3) is 2.04. The van der Waals surface area contributed by atoms with Gasteiger partial charge in [0.05, 0.1) is 0 Å². The number of hydrogen-bond acceptors (Lipinski definition) is 1. The summed E-state index contributed by atoms with van der Waals surface area (Å²) in [5.74, 6) is -0.230. The molecule has 0 spiro atoms. The lowest BCUT2D eigenvalue weighted by atomic mass is 9.97. The number of nitrogens with two attached hydrogens (primary N) is 1. The van der Waals surface area contributed by atoms with Crippen LogP contribution in [0, 0.1) is 5.82 Å². The van der Waals surface area contributed by atoms with E-state index in [0.717, 1.165) is 16.5 Å². The molecule has 0 saturated heterocycles. The Morgan fingerprint density at radius 3 is 2.26 bits per heavy atom. The molecule has 19 heavy (non-hydrogen) atoms. The molecular weight excluding hydrogens is 261 g/mol. The molecule has 1 nitrogen and oxygen atoms in total. The molecule has 0 aliphatic carbocycles. The molecule has 94 valence electrons. The first-order valence-electron chi connectivity index (χ1n) is 5.89. The van der Waals surface area contributed by atoms with E-state index in [0.29, 0.717) is 16.1 Å². The molecule has 0 atom stereocenters. The molecule has 0 saturated carbocycles. The molecule has 0 radical (unpaired) electrons. The van der Waals surface area contributed by atoms with Gasteiger partial charge in [-0.25, -0.2) is 4.39 Å². The zero-order valence-electron chi connectivity index (χ0n) is 10.0. The summed E-state index contributed by atoms with van der Waals surface area (Å²) in [5.41, 5.74) is 8.36. The van der Waals surface area contributed by atoms with Crippen LogP contribution in [0.4, 0.5) is 10.1 Å². The summed E-state index contributed by atoms with van der Waals surface area (Å²) in [7, 11) is 0. The summed E-state index contributed by atoms with van der Waals surface area (Å²) < 4.78 is 13.8. The van der Waals surface area contributed by atoms with Gasteiger partial charge in [0.15, 0.2) is 0 Å². The first-order valence-corrected chi connectivity index (χ1v) is 6.27. The van der Waals surface area contributed by atoms with Gasteiger partial charge in [0, 0.05) is 21.7 Å². The lowest BCUT2D eigenvalue weighted by Crippen LogP contribution is -1.91. The Labute approximate surface area is 115 Å². The Bertz CT molecular complexity index is 768. The normalized spacial score (nSPS) is 10.8. The smallest absolute Gasteiger partial charge is 0.131 e. The summed E-state index contributed by atoms with van der Waals surface area (Å²) >= 11 is 5.91. The highest BCUT2D eigenvalue weighted by Crippen LogP contribution is 2.34. The van der Waals surface area contributed by atoms with Crippen LogP contribution in [-0.2, 0) is 0 Å². The molecule has 3 aromatic carbocycles. The maximum atomic E-state index is 13.8. The zero-order chi connectivity index (χ0) is 13.4. The van der Waals surface area contributed by atoms with E-state index >= 15 is 0 Å². The first kappa shape index (κ1) is 12.0. The van der Waals surface area contributed by atoms with Gasteiger partial charge >= 0.3 is 0 Å². The summed E-state index contributed by atoms with van der Waals surface area (Å²) in [6, 6.07) is 15.9. The average molecular weight is 272 g/mol. The molecule has 0 amide bonds. The van der Waals surface area contributed by atoms with Crippen molar-refractivity contribution in [3.63, 3.8) is 0 Å². The number of nitrogen functional groups attached to an aromatic ring is 1. The maximum absolute atomic E-state index is 13.8. The minimum Gasteiger partial charge on any atom is -0.398 e. The minimum atomic E-state index is -0.230. The number of halogens is 2. The molecular formula is C16H11ClFN. The van der Waals surface area contributed by atoms with E-state index in [1.54, 1.807) is 24.3 Å². The molecule has 0 aliphatic rings. The van der Waals surface area contributed by atoms with Crippen molar-refractivity contribution in [3.05, 3.63) is 65.4 Å². The van der Waals surface area contributed by atoms with Gasteiger partial charge in [0.1, 0.15) is 5.82 Å². The van der Waals surface area contributed by atoms with Crippen molar-refractivity contribution in [1.82, 2.24) is 0 Å². The van der Waals surface area contributed by atoms with Crippen molar-refractivity contribution in [3.8, 4) is 11.1 Å². The molecule has 3 rings (SSSR count). The number of anilines is 1. The second-order valence-electron chi connectivity index (χ2n) is 4.37. The fourth-order valence-corrected chi connectivity index (χ4v) is 2.46. The molecule has 0 bridgehead atoms. The second-order valence-corrected chi connectivity index (χ2v) is 4.81. The van der Waals surface area contributed by atoms with Crippen molar-refractivity contribution < 1.29 is 4.39 Å². The highest BCUT2D eigenvalue weighted by atomic mass is 35.5. The van der Waals surface area contributed by atoms with Gasteiger partial charge in [-0.05, 0) is 29.1 Å². The summed E-state index contributed by atoms with van der Waals surface area (Å²) in [6.45, 7) is 0. The van der Waals surface area contributed by atoms with Crippen molar-refractivity contribution in [2.45, 2.75) is 0 Å². The highest BCUT2D eigenvalue weighted by molar-refractivity contribution is 6.31. The van der Waals surface area contributed by atoms with Crippen LogP contribution in [0.1, 0.15) is 0 Å². The summed E-state index contributed by atoms with van der Waals surface area (Å²) in [6.07, 6.45) is 0. The van der Waals surface area contributed by atoms with Gasteiger partial charge in [-0.3, -0.25) is 0 Å². The van der Waals surface area contributed by atoms with Crippen molar-refractivity contribution >= 4 is 28.1 Å². The lowest BCUT2D eigenvalue weighted by molar-refractivity contribution is 0.640. The van der Waals surface area contributed by atoms with Gasteiger partial charge in [0.25, 0.3) is 0 Å². The lowest BCUT2D eigenvalue weighted by Gasteiger charge is -2.10. The Kier molecular flexibility index (Phi) is 2.88. The van der Waals surface area contributed by atoms with Crippen LogP contribution >= 0.6 is 11.6 Å². The SMILES string of the molecule is Nc1cc(Cl)ccc1-c1ccc(F)c2ccccc12. The van der Waals surface area contributed by atoms with E-state index in [9.17, 15) is 4.39 Å². The number of fused-ring (bicyclic) bond motifs is 1. The topological polar surface area (TPSA) is 26.0 Å². The third-order valence-corrected chi connectivity index (χ3v) is 3.41. The fraction of sp³-hybridized carbons (Fsp3) is 0. The Hall–Kier alpha value is -2.06. The molecule has 0 aromatic heterocycles. The largest absolute Gasteiger partial charge is 0.398 e. The van der Waals surface area contributed by atoms with Gasteiger partial charge < -0.3 is 5.73 Å². The number of benzene rings is 3. The number of hydrogen-bond donors (Lipinski definition) is 1. The molecule has 0 unspecified atom stereocenters. The summed E-state index contributed by atoms with van der Waals surface area (Å²) in [5, 5.41) is 2.03. The van der Waals surface area contributed by atoms with Crippen LogP contribution in [0.3, 0.4) is 0 Å². The molecule has 0 heterocycles. The predicted molar refractivity (Wildman–Crippen MR) is 78.8 cm³/mol. The quantitative estimate of drug-likeness (QED) is 0.627. The molecule has 2 N–H and O–H groups in total.